The van der Waals surface area contributed by atoms with E-state index in [9.17, 15) is 9.59 Å². The lowest BCUT2D eigenvalue weighted by Crippen LogP contribution is -2.37. The Morgan fingerprint density at radius 2 is 1.89 bits per heavy atom. The van der Waals surface area contributed by atoms with Gasteiger partial charge in [-0.1, -0.05) is 25.0 Å². The molecule has 1 aliphatic rings. The number of aromatic nitrogens is 1. The van der Waals surface area contributed by atoms with Gasteiger partial charge in [0.25, 0.3) is 11.8 Å². The van der Waals surface area contributed by atoms with Crippen molar-refractivity contribution in [1.29, 1.82) is 0 Å². The molecule has 0 atom stereocenters. The number of hydrogen-bond acceptors (Lipinski definition) is 5. The van der Waals surface area contributed by atoms with Crippen LogP contribution in [0, 0.1) is 0 Å². The lowest BCUT2D eigenvalue weighted by Gasteiger charge is -2.23. The molecule has 0 aliphatic heterocycles. The number of amides is 2. The number of pyridine rings is 1. The van der Waals surface area contributed by atoms with Crippen LogP contribution >= 0.6 is 0 Å². The Morgan fingerprint density at radius 1 is 1.14 bits per heavy atom. The first-order chi connectivity index (χ1) is 13.5. The van der Waals surface area contributed by atoms with E-state index in [0.29, 0.717) is 29.5 Å². The van der Waals surface area contributed by atoms with E-state index in [0.717, 1.165) is 6.54 Å². The molecule has 0 bridgehead atoms. The summed E-state index contributed by atoms with van der Waals surface area (Å²) >= 11 is 0. The molecule has 0 spiro atoms. The molecular weight excluding hydrogens is 354 g/mol. The quantitative estimate of drug-likeness (QED) is 0.640. The van der Waals surface area contributed by atoms with Crippen LogP contribution in [0.2, 0.25) is 0 Å². The number of benzene rings is 1. The number of nitrogens with zero attached hydrogens (tertiary/aromatic N) is 2. The molecule has 28 heavy (non-hydrogen) atoms. The van der Waals surface area contributed by atoms with E-state index in [4.69, 9.17) is 5.73 Å². The summed E-state index contributed by atoms with van der Waals surface area (Å²) in [7, 11) is 2.11. The fraction of sp³-hybridized carbons (Fsp3) is 0.381. The molecule has 1 fully saturated rings. The molecule has 148 valence electrons. The number of nitrogens with one attached hydrogen (secondary N) is 2. The highest BCUT2D eigenvalue weighted by atomic mass is 16.2. The van der Waals surface area contributed by atoms with Crippen molar-refractivity contribution in [2.24, 2.45) is 0 Å². The molecule has 1 saturated carbocycles. The standard InChI is InChI=1S/C21H27N5O2/c1-26(16-6-2-3-7-16)13-12-23-20(27)15-10-11-19(24-14-15)21(28)25-18-9-5-4-8-17(18)22/h4-5,8-11,14,16H,2-3,6-7,12-13,22H2,1H3,(H,23,27)(H,25,28). The zero-order chi connectivity index (χ0) is 19.9. The number of anilines is 2. The van der Waals surface area contributed by atoms with Crippen LogP contribution in [0.4, 0.5) is 11.4 Å². The molecule has 0 unspecified atom stereocenters. The lowest BCUT2D eigenvalue weighted by molar-refractivity contribution is 0.0944. The van der Waals surface area contributed by atoms with Gasteiger partial charge in [-0.05, 0) is 44.2 Å². The molecule has 1 aromatic carbocycles. The Balaban J connectivity index is 1.49. The number of rotatable bonds is 7. The molecule has 7 nitrogen and oxygen atoms in total. The smallest absolute Gasteiger partial charge is 0.274 e. The van der Waals surface area contributed by atoms with Crippen molar-refractivity contribution in [2.75, 3.05) is 31.2 Å². The Morgan fingerprint density at radius 3 is 2.57 bits per heavy atom. The fourth-order valence-electron chi connectivity index (χ4n) is 3.44. The van der Waals surface area contributed by atoms with Gasteiger partial charge in [-0.2, -0.15) is 0 Å². The molecule has 1 aromatic heterocycles. The molecular formula is C21H27N5O2. The number of hydrogen-bond donors (Lipinski definition) is 3. The van der Waals surface area contributed by atoms with Gasteiger partial charge in [-0.25, -0.2) is 0 Å². The van der Waals surface area contributed by atoms with Crippen LogP contribution in [0.1, 0.15) is 46.5 Å². The summed E-state index contributed by atoms with van der Waals surface area (Å²) < 4.78 is 0. The lowest BCUT2D eigenvalue weighted by atomic mass is 10.2. The SMILES string of the molecule is CN(CCNC(=O)c1ccc(C(=O)Nc2ccccc2N)nc1)C1CCCC1. The van der Waals surface area contributed by atoms with Crippen LogP contribution < -0.4 is 16.4 Å². The van der Waals surface area contributed by atoms with Gasteiger partial charge in [0.15, 0.2) is 0 Å². The predicted octanol–water partition coefficient (Wildman–Crippen LogP) is 2.52. The fourth-order valence-corrected chi connectivity index (χ4v) is 3.44. The highest BCUT2D eigenvalue weighted by molar-refractivity contribution is 6.04. The number of nitrogen functional groups attached to an aromatic ring is 1. The summed E-state index contributed by atoms with van der Waals surface area (Å²) in [6.07, 6.45) is 6.49. The van der Waals surface area contributed by atoms with Crippen molar-refractivity contribution in [2.45, 2.75) is 31.7 Å². The minimum Gasteiger partial charge on any atom is -0.397 e. The summed E-state index contributed by atoms with van der Waals surface area (Å²) in [4.78, 5) is 31.0. The molecule has 7 heteroatoms. The summed E-state index contributed by atoms with van der Waals surface area (Å²) in [5.74, 6) is -0.561. The third-order valence-corrected chi connectivity index (χ3v) is 5.17. The van der Waals surface area contributed by atoms with Crippen molar-refractivity contribution in [3.05, 3.63) is 53.9 Å². The van der Waals surface area contributed by atoms with E-state index in [2.05, 4.69) is 27.6 Å². The molecule has 0 saturated heterocycles. The molecule has 2 aromatic rings. The predicted molar refractivity (Wildman–Crippen MR) is 110 cm³/mol. The maximum absolute atomic E-state index is 12.3. The summed E-state index contributed by atoms with van der Waals surface area (Å²) in [6, 6.07) is 10.8. The number of carbonyl (C=O) groups excluding carboxylic acids is 2. The van der Waals surface area contributed by atoms with Crippen molar-refractivity contribution < 1.29 is 9.59 Å². The van der Waals surface area contributed by atoms with Crippen LogP contribution in [-0.4, -0.2) is 47.9 Å². The van der Waals surface area contributed by atoms with Gasteiger partial charge in [-0.3, -0.25) is 14.6 Å². The Bertz CT molecular complexity index is 816. The Kier molecular flexibility index (Phi) is 6.60. The van der Waals surface area contributed by atoms with Crippen LogP contribution in [-0.2, 0) is 0 Å². The maximum Gasteiger partial charge on any atom is 0.274 e. The van der Waals surface area contributed by atoms with Gasteiger partial charge in [-0.15, -0.1) is 0 Å². The number of para-hydroxylation sites is 2. The molecule has 0 radical (unpaired) electrons. The first kappa shape index (κ1) is 19.8. The zero-order valence-corrected chi connectivity index (χ0v) is 16.1. The molecule has 1 aliphatic carbocycles. The largest absolute Gasteiger partial charge is 0.397 e. The molecule has 2 amide bonds. The number of nitrogens with two attached hydrogens (primary N) is 1. The van der Waals surface area contributed by atoms with E-state index in [-0.39, 0.29) is 17.5 Å². The molecule has 4 N–H and O–H groups in total. The number of carbonyl (C=O) groups is 2. The highest BCUT2D eigenvalue weighted by Crippen LogP contribution is 2.21. The maximum atomic E-state index is 12.3. The van der Waals surface area contributed by atoms with Gasteiger partial charge in [0.1, 0.15) is 5.69 Å². The van der Waals surface area contributed by atoms with Gasteiger partial charge >= 0.3 is 0 Å². The average Bonchev–Trinajstić information content (AvgIpc) is 3.24. The van der Waals surface area contributed by atoms with E-state index in [1.165, 1.54) is 37.9 Å². The Hall–Kier alpha value is -2.93. The van der Waals surface area contributed by atoms with Crippen molar-refractivity contribution >= 4 is 23.2 Å². The molecule has 1 heterocycles. The van der Waals surface area contributed by atoms with Crippen LogP contribution in [0.3, 0.4) is 0 Å². The molecule has 3 rings (SSSR count). The third kappa shape index (κ3) is 5.07. The third-order valence-electron chi connectivity index (χ3n) is 5.17. The summed E-state index contributed by atoms with van der Waals surface area (Å²) in [5.41, 5.74) is 7.49. The minimum absolute atomic E-state index is 0.188. The van der Waals surface area contributed by atoms with Gasteiger partial charge in [0.2, 0.25) is 0 Å². The minimum atomic E-state index is -0.372. The Labute approximate surface area is 165 Å². The second-order valence-electron chi connectivity index (χ2n) is 7.15. The second kappa shape index (κ2) is 9.32. The van der Waals surface area contributed by atoms with Crippen LogP contribution in [0.25, 0.3) is 0 Å². The average molecular weight is 381 g/mol. The first-order valence-corrected chi connectivity index (χ1v) is 9.65. The highest BCUT2D eigenvalue weighted by Gasteiger charge is 2.19. The second-order valence-corrected chi connectivity index (χ2v) is 7.15. The van der Waals surface area contributed by atoms with Crippen molar-refractivity contribution in [1.82, 2.24) is 15.2 Å². The first-order valence-electron chi connectivity index (χ1n) is 9.65. The van der Waals surface area contributed by atoms with Gasteiger partial charge in [0.05, 0.1) is 16.9 Å². The van der Waals surface area contributed by atoms with Crippen LogP contribution in [0.15, 0.2) is 42.6 Å². The number of likely N-dealkylation sites (N-methyl/N-ethyl adjacent to an activating group) is 1. The van der Waals surface area contributed by atoms with E-state index >= 15 is 0 Å². The van der Waals surface area contributed by atoms with Crippen LogP contribution in [0.5, 0.6) is 0 Å². The van der Waals surface area contributed by atoms with Gasteiger partial charge < -0.3 is 21.3 Å². The summed E-state index contributed by atoms with van der Waals surface area (Å²) in [5, 5.41) is 5.63. The summed E-state index contributed by atoms with van der Waals surface area (Å²) in [6.45, 7) is 1.41. The topological polar surface area (TPSA) is 100 Å². The van der Waals surface area contributed by atoms with Crippen molar-refractivity contribution in [3.8, 4) is 0 Å². The normalized spacial score (nSPS) is 14.2. The van der Waals surface area contributed by atoms with Gasteiger partial charge in [0, 0.05) is 25.3 Å². The van der Waals surface area contributed by atoms with E-state index in [1.807, 2.05) is 0 Å². The monoisotopic (exact) mass is 381 g/mol. The van der Waals surface area contributed by atoms with E-state index < -0.39 is 0 Å². The van der Waals surface area contributed by atoms with E-state index in [1.54, 1.807) is 30.3 Å². The van der Waals surface area contributed by atoms with Crippen molar-refractivity contribution in [3.63, 3.8) is 0 Å². The zero-order valence-electron chi connectivity index (χ0n) is 16.1.